The van der Waals surface area contributed by atoms with E-state index in [-0.39, 0.29) is 11.9 Å². The smallest absolute Gasteiger partial charge is 0.317 e. The van der Waals surface area contributed by atoms with E-state index in [2.05, 4.69) is 24.3 Å². The summed E-state index contributed by atoms with van der Waals surface area (Å²) in [5, 5.41) is 7.78. The number of halogens is 1. The third-order valence-corrected chi connectivity index (χ3v) is 4.65. The Bertz CT molecular complexity index is 675. The molecule has 8 heteroatoms. The molecule has 1 aliphatic heterocycles. The molecule has 0 saturated carbocycles. The van der Waals surface area contributed by atoms with Crippen molar-refractivity contribution < 1.29 is 9.59 Å². The van der Waals surface area contributed by atoms with Gasteiger partial charge in [-0.2, -0.15) is 5.10 Å². The Kier molecular flexibility index (Phi) is 7.08. The number of nitrogens with zero attached hydrogens (tertiary/aromatic N) is 4. The van der Waals surface area contributed by atoms with Crippen LogP contribution in [0.1, 0.15) is 32.0 Å². The monoisotopic (exact) mass is 381 g/mol. The Labute approximate surface area is 160 Å². The number of rotatable bonds is 5. The van der Waals surface area contributed by atoms with Gasteiger partial charge in [0.1, 0.15) is 5.15 Å². The first-order valence-electron chi connectivity index (χ1n) is 9.06. The van der Waals surface area contributed by atoms with Crippen LogP contribution in [0.4, 0.5) is 4.79 Å². The Morgan fingerprint density at radius 2 is 1.85 bits per heavy atom. The van der Waals surface area contributed by atoms with Crippen LogP contribution in [0.25, 0.3) is 6.08 Å². The van der Waals surface area contributed by atoms with E-state index < -0.39 is 0 Å². The Hall–Kier alpha value is -2.02. The zero-order valence-corrected chi connectivity index (χ0v) is 16.7. The highest BCUT2D eigenvalue weighted by Crippen LogP contribution is 2.22. The molecule has 7 nitrogen and oxygen atoms in total. The van der Waals surface area contributed by atoms with E-state index in [4.69, 9.17) is 11.6 Å². The zero-order chi connectivity index (χ0) is 19.3. The number of carbonyl (C=O) groups excluding carboxylic acids is 2. The van der Waals surface area contributed by atoms with Crippen LogP contribution in [-0.2, 0) is 11.3 Å². The lowest BCUT2D eigenvalue weighted by molar-refractivity contribution is -0.127. The number of aromatic nitrogens is 2. The largest absolute Gasteiger partial charge is 0.338 e. The molecule has 0 radical (unpaired) electrons. The molecule has 0 atom stereocenters. The van der Waals surface area contributed by atoms with Gasteiger partial charge in [0.05, 0.1) is 5.69 Å². The van der Waals surface area contributed by atoms with Crippen molar-refractivity contribution in [2.45, 2.75) is 34.2 Å². The first-order valence-corrected chi connectivity index (χ1v) is 9.44. The first kappa shape index (κ1) is 20.3. The predicted molar refractivity (Wildman–Crippen MR) is 103 cm³/mol. The van der Waals surface area contributed by atoms with E-state index in [1.807, 2.05) is 13.8 Å². The summed E-state index contributed by atoms with van der Waals surface area (Å²) < 4.78 is 1.77. The van der Waals surface area contributed by atoms with E-state index in [1.165, 1.54) is 6.08 Å². The SMILES string of the molecule is CCNC(=O)N1CCN(C(=O)/C=C/c2c(C)nn(CC(C)C)c2Cl)CC1. The van der Waals surface area contributed by atoms with Crippen molar-refractivity contribution in [3.8, 4) is 0 Å². The molecule has 0 bridgehead atoms. The van der Waals surface area contributed by atoms with Gasteiger partial charge in [0.15, 0.2) is 0 Å². The number of hydrogen-bond donors (Lipinski definition) is 1. The lowest BCUT2D eigenvalue weighted by atomic mass is 10.2. The van der Waals surface area contributed by atoms with Crippen molar-refractivity contribution in [3.05, 3.63) is 22.5 Å². The van der Waals surface area contributed by atoms with Crippen LogP contribution in [-0.4, -0.2) is 64.2 Å². The molecule has 2 heterocycles. The van der Waals surface area contributed by atoms with E-state index in [0.29, 0.717) is 43.8 Å². The minimum absolute atomic E-state index is 0.0740. The van der Waals surface area contributed by atoms with Crippen molar-refractivity contribution in [3.63, 3.8) is 0 Å². The second-order valence-electron chi connectivity index (χ2n) is 6.85. The summed E-state index contributed by atoms with van der Waals surface area (Å²) in [6, 6.07) is -0.0740. The summed E-state index contributed by atoms with van der Waals surface area (Å²) >= 11 is 6.40. The van der Waals surface area contributed by atoms with E-state index in [9.17, 15) is 9.59 Å². The number of piperazine rings is 1. The summed E-state index contributed by atoms with van der Waals surface area (Å²) in [5.41, 5.74) is 1.59. The number of urea groups is 1. The Morgan fingerprint density at radius 3 is 2.42 bits per heavy atom. The van der Waals surface area contributed by atoms with Gasteiger partial charge in [0.25, 0.3) is 0 Å². The van der Waals surface area contributed by atoms with Gasteiger partial charge in [-0.05, 0) is 25.8 Å². The van der Waals surface area contributed by atoms with Crippen molar-refractivity contribution in [2.24, 2.45) is 5.92 Å². The van der Waals surface area contributed by atoms with Crippen LogP contribution in [0, 0.1) is 12.8 Å². The fraction of sp³-hybridized carbons (Fsp3) is 0.611. The van der Waals surface area contributed by atoms with Crippen molar-refractivity contribution in [1.29, 1.82) is 0 Å². The normalized spacial score (nSPS) is 15.2. The second-order valence-corrected chi connectivity index (χ2v) is 7.21. The van der Waals surface area contributed by atoms with Gasteiger partial charge in [-0.15, -0.1) is 0 Å². The van der Waals surface area contributed by atoms with Crippen LogP contribution in [0.15, 0.2) is 6.08 Å². The van der Waals surface area contributed by atoms with E-state index >= 15 is 0 Å². The third kappa shape index (κ3) is 5.00. The molecule has 26 heavy (non-hydrogen) atoms. The summed E-state index contributed by atoms with van der Waals surface area (Å²) in [5.74, 6) is 0.360. The third-order valence-electron chi connectivity index (χ3n) is 4.25. The summed E-state index contributed by atoms with van der Waals surface area (Å²) in [4.78, 5) is 27.7. The topological polar surface area (TPSA) is 70.5 Å². The number of aryl methyl sites for hydroxylation is 1. The highest BCUT2D eigenvalue weighted by atomic mass is 35.5. The minimum atomic E-state index is -0.0763. The summed E-state index contributed by atoms with van der Waals surface area (Å²) in [7, 11) is 0. The molecule has 0 aliphatic carbocycles. The van der Waals surface area contributed by atoms with Crippen molar-refractivity contribution >= 4 is 29.6 Å². The van der Waals surface area contributed by atoms with E-state index in [0.717, 1.165) is 17.8 Å². The molecule has 0 unspecified atom stereocenters. The second kappa shape index (κ2) is 9.07. The molecule has 3 amide bonds. The number of amides is 3. The molecular formula is C18H28ClN5O2. The molecule has 1 saturated heterocycles. The van der Waals surface area contributed by atoms with Gasteiger partial charge in [0, 0.05) is 50.9 Å². The predicted octanol–water partition coefficient (Wildman–Crippen LogP) is 2.39. The number of nitrogens with one attached hydrogen (secondary N) is 1. The highest BCUT2D eigenvalue weighted by molar-refractivity contribution is 6.31. The molecule has 1 fully saturated rings. The Morgan fingerprint density at radius 1 is 1.23 bits per heavy atom. The number of hydrogen-bond acceptors (Lipinski definition) is 3. The Balaban J connectivity index is 1.96. The van der Waals surface area contributed by atoms with Gasteiger partial charge in [-0.25, -0.2) is 4.79 Å². The average Bonchev–Trinajstić information content (AvgIpc) is 2.86. The lowest BCUT2D eigenvalue weighted by Crippen LogP contribution is -2.52. The average molecular weight is 382 g/mol. The van der Waals surface area contributed by atoms with Gasteiger partial charge < -0.3 is 15.1 Å². The quantitative estimate of drug-likeness (QED) is 0.796. The fourth-order valence-electron chi connectivity index (χ4n) is 2.88. The fourth-order valence-corrected chi connectivity index (χ4v) is 3.18. The van der Waals surface area contributed by atoms with Crippen molar-refractivity contribution in [2.75, 3.05) is 32.7 Å². The van der Waals surface area contributed by atoms with E-state index in [1.54, 1.807) is 20.6 Å². The molecule has 0 aromatic carbocycles. The van der Waals surface area contributed by atoms with Crippen LogP contribution < -0.4 is 5.32 Å². The van der Waals surface area contributed by atoms with Crippen LogP contribution >= 0.6 is 11.6 Å². The molecule has 1 aliphatic rings. The number of carbonyl (C=O) groups is 2. The van der Waals surface area contributed by atoms with Gasteiger partial charge >= 0.3 is 6.03 Å². The molecule has 0 spiro atoms. The lowest BCUT2D eigenvalue weighted by Gasteiger charge is -2.34. The van der Waals surface area contributed by atoms with Gasteiger partial charge in [-0.3, -0.25) is 9.48 Å². The maximum Gasteiger partial charge on any atom is 0.317 e. The maximum atomic E-state index is 12.4. The summed E-state index contributed by atoms with van der Waals surface area (Å²) in [6.07, 6.45) is 3.28. The minimum Gasteiger partial charge on any atom is -0.338 e. The summed E-state index contributed by atoms with van der Waals surface area (Å²) in [6.45, 7) is 11.5. The first-order chi connectivity index (χ1) is 12.3. The van der Waals surface area contributed by atoms with Crippen LogP contribution in [0.3, 0.4) is 0 Å². The molecule has 1 aromatic heterocycles. The zero-order valence-electron chi connectivity index (χ0n) is 16.0. The molecule has 1 N–H and O–H groups in total. The van der Waals surface area contributed by atoms with Crippen LogP contribution in [0.2, 0.25) is 5.15 Å². The molecule has 1 aromatic rings. The highest BCUT2D eigenvalue weighted by Gasteiger charge is 2.22. The molecule has 2 rings (SSSR count). The van der Waals surface area contributed by atoms with Gasteiger partial charge in [-0.1, -0.05) is 25.4 Å². The molecule has 144 valence electrons. The maximum absolute atomic E-state index is 12.4. The van der Waals surface area contributed by atoms with Gasteiger partial charge in [0.2, 0.25) is 5.91 Å². The van der Waals surface area contributed by atoms with Crippen LogP contribution in [0.5, 0.6) is 0 Å². The molecular weight excluding hydrogens is 354 g/mol. The van der Waals surface area contributed by atoms with Crippen molar-refractivity contribution in [1.82, 2.24) is 24.9 Å². The standard InChI is InChI=1S/C18H28ClN5O2/c1-5-20-18(26)23-10-8-22(9-11-23)16(25)7-6-15-14(4)21-24(17(15)19)12-13(2)3/h6-7,13H,5,8-12H2,1-4H3,(H,20,26)/b7-6+.